The van der Waals surface area contributed by atoms with Crippen LogP contribution in [0.25, 0.3) is 0 Å². The summed E-state index contributed by atoms with van der Waals surface area (Å²) in [5.41, 5.74) is 1.21. The number of hydrogen-bond acceptors (Lipinski definition) is 2. The Balaban J connectivity index is 2.16. The van der Waals surface area contributed by atoms with Crippen LogP contribution in [0.5, 0.6) is 0 Å². The first kappa shape index (κ1) is 12.6. The van der Waals surface area contributed by atoms with Gasteiger partial charge in [-0.1, -0.05) is 32.6 Å². The molecular weight excluding hydrogens is 210 g/mol. The van der Waals surface area contributed by atoms with Gasteiger partial charge >= 0.3 is 0 Å². The maximum absolute atomic E-state index is 4.53. The van der Waals surface area contributed by atoms with Crippen LogP contribution in [0.15, 0.2) is 12.5 Å². The summed E-state index contributed by atoms with van der Waals surface area (Å²) in [5, 5.41) is 3.49. The lowest BCUT2D eigenvalue weighted by Gasteiger charge is -2.36. The van der Waals surface area contributed by atoms with E-state index in [9.17, 15) is 0 Å². The Labute approximate surface area is 105 Å². The molecule has 0 saturated heterocycles. The van der Waals surface area contributed by atoms with E-state index in [2.05, 4.69) is 30.5 Å². The molecule has 0 spiro atoms. The third-order valence-electron chi connectivity index (χ3n) is 4.27. The van der Waals surface area contributed by atoms with Gasteiger partial charge in [-0.3, -0.25) is 0 Å². The van der Waals surface area contributed by atoms with Crippen LogP contribution in [0.3, 0.4) is 0 Å². The van der Waals surface area contributed by atoms with Gasteiger partial charge in [0, 0.05) is 13.2 Å². The molecule has 2 rings (SSSR count). The van der Waals surface area contributed by atoms with E-state index in [1.165, 1.54) is 37.8 Å². The molecule has 1 fully saturated rings. The number of hydrogen-bond donors (Lipinski definition) is 1. The van der Waals surface area contributed by atoms with E-state index in [-0.39, 0.29) is 0 Å². The second-order valence-electron chi connectivity index (χ2n) is 5.35. The van der Waals surface area contributed by atoms with Crippen LogP contribution in [0.2, 0.25) is 0 Å². The largest absolute Gasteiger partial charge is 0.340 e. The van der Waals surface area contributed by atoms with Crippen molar-refractivity contribution >= 4 is 0 Å². The topological polar surface area (TPSA) is 29.9 Å². The molecule has 3 nitrogen and oxygen atoms in total. The monoisotopic (exact) mass is 235 g/mol. The van der Waals surface area contributed by atoms with E-state index >= 15 is 0 Å². The van der Waals surface area contributed by atoms with Gasteiger partial charge in [0.2, 0.25) is 0 Å². The molecule has 1 aliphatic carbocycles. The minimum absolute atomic E-state index is 0.432. The van der Waals surface area contributed by atoms with Crippen LogP contribution in [-0.2, 0) is 7.05 Å². The number of aromatic nitrogens is 2. The molecule has 1 heterocycles. The van der Waals surface area contributed by atoms with Crippen molar-refractivity contribution in [1.29, 1.82) is 0 Å². The van der Waals surface area contributed by atoms with Gasteiger partial charge in [0.15, 0.2) is 0 Å². The van der Waals surface area contributed by atoms with E-state index in [4.69, 9.17) is 0 Å². The first-order valence-corrected chi connectivity index (χ1v) is 6.91. The molecule has 17 heavy (non-hydrogen) atoms. The van der Waals surface area contributed by atoms with Gasteiger partial charge in [-0.05, 0) is 25.3 Å². The molecule has 0 radical (unpaired) electrons. The fraction of sp³-hybridized carbons (Fsp3) is 0.786. The normalized spacial score (nSPS) is 27.0. The number of aryl methyl sites for hydroxylation is 1. The summed E-state index contributed by atoms with van der Waals surface area (Å²) in [4.78, 5) is 4.53. The Morgan fingerprint density at radius 2 is 2.24 bits per heavy atom. The van der Waals surface area contributed by atoms with Crippen molar-refractivity contribution in [3.8, 4) is 0 Å². The van der Waals surface area contributed by atoms with Gasteiger partial charge in [-0.15, -0.1) is 0 Å². The van der Waals surface area contributed by atoms with Crippen LogP contribution < -0.4 is 5.32 Å². The third kappa shape index (κ3) is 2.71. The number of rotatable bonds is 4. The van der Waals surface area contributed by atoms with Crippen LogP contribution in [0.4, 0.5) is 0 Å². The highest BCUT2D eigenvalue weighted by atomic mass is 15.0. The predicted octanol–water partition coefficient (Wildman–Crippen LogP) is 2.90. The highest BCUT2D eigenvalue weighted by Crippen LogP contribution is 2.39. The summed E-state index contributed by atoms with van der Waals surface area (Å²) in [6.45, 7) is 2.33. The van der Waals surface area contributed by atoms with E-state index in [1.54, 1.807) is 0 Å². The Kier molecular flexibility index (Phi) is 4.21. The summed E-state index contributed by atoms with van der Waals surface area (Å²) in [5.74, 6) is 1.62. The summed E-state index contributed by atoms with van der Waals surface area (Å²) < 4.78 is 2.05. The SMILES string of the molecule is CCC1CCCCC1C(NC)c1cn(C)cn1. The maximum Gasteiger partial charge on any atom is 0.0947 e. The summed E-state index contributed by atoms with van der Waals surface area (Å²) >= 11 is 0. The predicted molar refractivity (Wildman–Crippen MR) is 70.7 cm³/mol. The molecule has 1 aliphatic rings. The Hall–Kier alpha value is -0.830. The Bertz CT molecular complexity index is 345. The lowest BCUT2D eigenvalue weighted by atomic mass is 9.73. The molecule has 0 aromatic carbocycles. The van der Waals surface area contributed by atoms with Gasteiger partial charge in [-0.25, -0.2) is 4.98 Å². The fourth-order valence-corrected chi connectivity index (χ4v) is 3.36. The van der Waals surface area contributed by atoms with E-state index in [0.29, 0.717) is 6.04 Å². The van der Waals surface area contributed by atoms with Crippen molar-refractivity contribution < 1.29 is 0 Å². The molecule has 3 unspecified atom stereocenters. The number of nitrogens with zero attached hydrogens (tertiary/aromatic N) is 2. The molecule has 3 heteroatoms. The van der Waals surface area contributed by atoms with Crippen LogP contribution >= 0.6 is 0 Å². The molecule has 1 saturated carbocycles. The van der Waals surface area contributed by atoms with E-state index in [0.717, 1.165) is 11.8 Å². The van der Waals surface area contributed by atoms with Crippen LogP contribution in [0, 0.1) is 11.8 Å². The zero-order chi connectivity index (χ0) is 12.3. The minimum Gasteiger partial charge on any atom is -0.340 e. The summed E-state index contributed by atoms with van der Waals surface area (Å²) in [7, 11) is 4.11. The minimum atomic E-state index is 0.432. The van der Waals surface area contributed by atoms with Crippen molar-refractivity contribution in [3.05, 3.63) is 18.2 Å². The highest BCUT2D eigenvalue weighted by Gasteiger charge is 2.31. The smallest absolute Gasteiger partial charge is 0.0947 e. The highest BCUT2D eigenvalue weighted by molar-refractivity contribution is 5.06. The molecule has 0 bridgehead atoms. The third-order valence-corrected chi connectivity index (χ3v) is 4.27. The average molecular weight is 235 g/mol. The van der Waals surface area contributed by atoms with Gasteiger partial charge in [0.05, 0.1) is 18.1 Å². The van der Waals surface area contributed by atoms with Gasteiger partial charge in [0.25, 0.3) is 0 Å². The van der Waals surface area contributed by atoms with Crippen molar-refractivity contribution in [3.63, 3.8) is 0 Å². The lowest BCUT2D eigenvalue weighted by molar-refractivity contribution is 0.178. The lowest BCUT2D eigenvalue weighted by Crippen LogP contribution is -2.32. The van der Waals surface area contributed by atoms with Crippen molar-refractivity contribution in [1.82, 2.24) is 14.9 Å². The summed E-state index contributed by atoms with van der Waals surface area (Å²) in [6.07, 6.45) is 10.9. The maximum atomic E-state index is 4.53. The molecule has 96 valence electrons. The number of nitrogens with one attached hydrogen (secondary N) is 1. The van der Waals surface area contributed by atoms with Crippen molar-refractivity contribution in [2.45, 2.75) is 45.1 Å². The average Bonchev–Trinajstić information content (AvgIpc) is 2.77. The number of imidazole rings is 1. The summed E-state index contributed by atoms with van der Waals surface area (Å²) in [6, 6.07) is 0.432. The molecule has 0 aliphatic heterocycles. The zero-order valence-corrected chi connectivity index (χ0v) is 11.3. The van der Waals surface area contributed by atoms with Crippen LogP contribution in [0.1, 0.15) is 50.8 Å². The Morgan fingerprint density at radius 3 is 2.82 bits per heavy atom. The van der Waals surface area contributed by atoms with Gasteiger partial charge in [0.1, 0.15) is 0 Å². The standard InChI is InChI=1S/C14H25N3/c1-4-11-7-5-6-8-12(11)14(15-2)13-9-17(3)10-16-13/h9-12,14-15H,4-8H2,1-3H3. The second-order valence-corrected chi connectivity index (χ2v) is 5.35. The molecule has 1 aromatic heterocycles. The van der Waals surface area contributed by atoms with Gasteiger partial charge in [-0.2, -0.15) is 0 Å². The molecule has 1 aromatic rings. The van der Waals surface area contributed by atoms with Crippen molar-refractivity contribution in [2.24, 2.45) is 18.9 Å². The van der Waals surface area contributed by atoms with E-state index < -0.39 is 0 Å². The quantitative estimate of drug-likeness (QED) is 0.869. The Morgan fingerprint density at radius 1 is 1.47 bits per heavy atom. The second kappa shape index (κ2) is 5.67. The first-order valence-electron chi connectivity index (χ1n) is 6.91. The fourth-order valence-electron chi connectivity index (χ4n) is 3.36. The zero-order valence-electron chi connectivity index (χ0n) is 11.3. The molecule has 1 N–H and O–H groups in total. The first-order chi connectivity index (χ1) is 8.26. The molecule has 0 amide bonds. The van der Waals surface area contributed by atoms with Crippen LogP contribution in [-0.4, -0.2) is 16.6 Å². The van der Waals surface area contributed by atoms with Crippen molar-refractivity contribution in [2.75, 3.05) is 7.05 Å². The van der Waals surface area contributed by atoms with E-state index in [1.807, 2.05) is 17.9 Å². The molecular formula is C14H25N3. The molecule has 3 atom stereocenters. The van der Waals surface area contributed by atoms with Gasteiger partial charge < -0.3 is 9.88 Å².